The summed E-state index contributed by atoms with van der Waals surface area (Å²) in [5, 5.41) is 9.58. The van der Waals surface area contributed by atoms with E-state index in [9.17, 15) is 5.11 Å². The number of pyridine rings is 1. The average molecular weight is 289 g/mol. The van der Waals surface area contributed by atoms with Crippen molar-refractivity contribution >= 4 is 0 Å². The zero-order chi connectivity index (χ0) is 15.2. The van der Waals surface area contributed by atoms with Crippen LogP contribution in [0.4, 0.5) is 0 Å². The van der Waals surface area contributed by atoms with Crippen LogP contribution in [-0.2, 0) is 6.61 Å². The first-order valence-electron chi connectivity index (χ1n) is 6.62. The SMILES string of the molecule is COc1ccnc(COc2cccc(C(C)O)c2)c1OC. The molecule has 1 aromatic carbocycles. The van der Waals surface area contributed by atoms with E-state index < -0.39 is 6.10 Å². The molecular formula is C16H19NO4. The summed E-state index contributed by atoms with van der Waals surface area (Å²) >= 11 is 0. The normalized spacial score (nSPS) is 11.8. The number of aliphatic hydroxyl groups is 1. The topological polar surface area (TPSA) is 60.8 Å². The van der Waals surface area contributed by atoms with Gasteiger partial charge in [-0.15, -0.1) is 0 Å². The van der Waals surface area contributed by atoms with Gasteiger partial charge < -0.3 is 19.3 Å². The molecule has 2 rings (SSSR count). The molecule has 1 heterocycles. The van der Waals surface area contributed by atoms with E-state index in [4.69, 9.17) is 14.2 Å². The molecule has 0 bridgehead atoms. The number of ether oxygens (including phenoxy) is 3. The van der Waals surface area contributed by atoms with Crippen LogP contribution in [0, 0.1) is 0 Å². The standard InChI is InChI=1S/C16H19NO4/c1-11(18)12-5-4-6-13(9-12)21-10-14-16(20-3)15(19-2)7-8-17-14/h4-9,11,18H,10H2,1-3H3. The Morgan fingerprint density at radius 2 is 2.00 bits per heavy atom. The van der Waals surface area contributed by atoms with Crippen molar-refractivity contribution in [1.29, 1.82) is 0 Å². The lowest BCUT2D eigenvalue weighted by molar-refractivity contribution is 0.198. The van der Waals surface area contributed by atoms with Crippen LogP contribution < -0.4 is 14.2 Å². The summed E-state index contributed by atoms with van der Waals surface area (Å²) in [6, 6.07) is 9.06. The van der Waals surface area contributed by atoms with Crippen LogP contribution in [-0.4, -0.2) is 24.3 Å². The van der Waals surface area contributed by atoms with Crippen LogP contribution in [0.2, 0.25) is 0 Å². The molecule has 2 aromatic rings. The Labute approximate surface area is 124 Å². The third-order valence-corrected chi connectivity index (χ3v) is 3.08. The van der Waals surface area contributed by atoms with Gasteiger partial charge in [0.1, 0.15) is 18.1 Å². The first-order chi connectivity index (χ1) is 10.2. The zero-order valence-electron chi connectivity index (χ0n) is 12.4. The first kappa shape index (κ1) is 15.1. The predicted octanol–water partition coefficient (Wildman–Crippen LogP) is 2.73. The summed E-state index contributed by atoms with van der Waals surface area (Å²) in [5.74, 6) is 1.84. The lowest BCUT2D eigenvalue weighted by Gasteiger charge is -2.13. The molecule has 5 heteroatoms. The van der Waals surface area contributed by atoms with Gasteiger partial charge in [0, 0.05) is 12.3 Å². The second-order valence-corrected chi connectivity index (χ2v) is 4.53. The van der Waals surface area contributed by atoms with E-state index >= 15 is 0 Å². The maximum absolute atomic E-state index is 9.58. The van der Waals surface area contributed by atoms with Gasteiger partial charge in [0.25, 0.3) is 0 Å². The van der Waals surface area contributed by atoms with E-state index in [1.165, 1.54) is 0 Å². The van der Waals surface area contributed by atoms with E-state index in [1.54, 1.807) is 39.5 Å². The van der Waals surface area contributed by atoms with Crippen molar-refractivity contribution in [2.75, 3.05) is 14.2 Å². The number of aromatic nitrogens is 1. The van der Waals surface area contributed by atoms with Crippen LogP contribution in [0.3, 0.4) is 0 Å². The highest BCUT2D eigenvalue weighted by molar-refractivity contribution is 5.42. The number of hydrogen-bond donors (Lipinski definition) is 1. The minimum Gasteiger partial charge on any atom is -0.493 e. The molecule has 0 amide bonds. The molecule has 5 nitrogen and oxygen atoms in total. The van der Waals surface area contributed by atoms with Crippen molar-refractivity contribution < 1.29 is 19.3 Å². The molecule has 0 aliphatic carbocycles. The molecule has 0 aliphatic heterocycles. The minimum absolute atomic E-state index is 0.254. The Morgan fingerprint density at radius 3 is 2.67 bits per heavy atom. The maximum Gasteiger partial charge on any atom is 0.185 e. The van der Waals surface area contributed by atoms with E-state index in [-0.39, 0.29) is 6.61 Å². The van der Waals surface area contributed by atoms with Gasteiger partial charge in [0.05, 0.1) is 20.3 Å². The molecule has 0 saturated carbocycles. The number of aliphatic hydroxyl groups excluding tert-OH is 1. The fraction of sp³-hybridized carbons (Fsp3) is 0.312. The minimum atomic E-state index is -0.530. The van der Waals surface area contributed by atoms with Crippen molar-refractivity contribution in [3.8, 4) is 17.2 Å². The monoisotopic (exact) mass is 289 g/mol. The molecule has 1 aromatic heterocycles. The molecule has 0 spiro atoms. The molecule has 0 saturated heterocycles. The molecule has 0 radical (unpaired) electrons. The first-order valence-corrected chi connectivity index (χ1v) is 6.62. The summed E-state index contributed by atoms with van der Waals surface area (Å²) in [6.45, 7) is 1.97. The highest BCUT2D eigenvalue weighted by Crippen LogP contribution is 2.30. The van der Waals surface area contributed by atoms with Crippen LogP contribution in [0.1, 0.15) is 24.3 Å². The molecule has 112 valence electrons. The summed E-state index contributed by atoms with van der Waals surface area (Å²) in [4.78, 5) is 4.25. The summed E-state index contributed by atoms with van der Waals surface area (Å²) in [5.41, 5.74) is 1.46. The fourth-order valence-corrected chi connectivity index (χ4v) is 1.97. The van der Waals surface area contributed by atoms with Gasteiger partial charge in [-0.25, -0.2) is 0 Å². The molecule has 0 fully saturated rings. The molecule has 0 aliphatic rings. The molecule has 1 N–H and O–H groups in total. The maximum atomic E-state index is 9.58. The highest BCUT2D eigenvalue weighted by atomic mass is 16.5. The summed E-state index contributed by atoms with van der Waals surface area (Å²) in [7, 11) is 3.14. The van der Waals surface area contributed by atoms with E-state index in [1.807, 2.05) is 18.2 Å². The third-order valence-electron chi connectivity index (χ3n) is 3.08. The quantitative estimate of drug-likeness (QED) is 0.886. The van der Waals surface area contributed by atoms with Crippen molar-refractivity contribution in [3.05, 3.63) is 47.8 Å². The Bertz CT molecular complexity index is 599. The average Bonchev–Trinajstić information content (AvgIpc) is 2.52. The second-order valence-electron chi connectivity index (χ2n) is 4.53. The van der Waals surface area contributed by atoms with Gasteiger partial charge in [0.15, 0.2) is 11.5 Å². The lowest BCUT2D eigenvalue weighted by atomic mass is 10.1. The van der Waals surface area contributed by atoms with Crippen molar-refractivity contribution in [2.24, 2.45) is 0 Å². The Morgan fingerprint density at radius 1 is 1.19 bits per heavy atom. The second kappa shape index (κ2) is 6.95. The molecule has 1 atom stereocenters. The van der Waals surface area contributed by atoms with E-state index in [2.05, 4.69) is 4.98 Å². The van der Waals surface area contributed by atoms with Crippen molar-refractivity contribution in [2.45, 2.75) is 19.6 Å². The third kappa shape index (κ3) is 3.64. The molecular weight excluding hydrogens is 270 g/mol. The summed E-state index contributed by atoms with van der Waals surface area (Å²) < 4.78 is 16.3. The van der Waals surface area contributed by atoms with Gasteiger partial charge in [-0.1, -0.05) is 12.1 Å². The van der Waals surface area contributed by atoms with Gasteiger partial charge in [-0.2, -0.15) is 0 Å². The van der Waals surface area contributed by atoms with Crippen molar-refractivity contribution in [3.63, 3.8) is 0 Å². The Balaban J connectivity index is 2.15. The van der Waals surface area contributed by atoms with Crippen LogP contribution in [0.5, 0.6) is 17.2 Å². The largest absolute Gasteiger partial charge is 0.493 e. The highest BCUT2D eigenvalue weighted by Gasteiger charge is 2.12. The number of methoxy groups -OCH3 is 2. The summed E-state index contributed by atoms with van der Waals surface area (Å²) in [6.07, 6.45) is 1.12. The lowest BCUT2D eigenvalue weighted by Crippen LogP contribution is -2.03. The van der Waals surface area contributed by atoms with E-state index in [0.29, 0.717) is 22.9 Å². The van der Waals surface area contributed by atoms with Gasteiger partial charge in [-0.3, -0.25) is 4.98 Å². The number of nitrogens with zero attached hydrogens (tertiary/aromatic N) is 1. The predicted molar refractivity (Wildman–Crippen MR) is 78.7 cm³/mol. The Kier molecular flexibility index (Phi) is 5.00. The van der Waals surface area contributed by atoms with Gasteiger partial charge in [0.2, 0.25) is 0 Å². The van der Waals surface area contributed by atoms with Crippen LogP contribution >= 0.6 is 0 Å². The number of hydrogen-bond acceptors (Lipinski definition) is 5. The smallest absolute Gasteiger partial charge is 0.185 e. The van der Waals surface area contributed by atoms with Gasteiger partial charge in [-0.05, 0) is 24.6 Å². The van der Waals surface area contributed by atoms with Crippen molar-refractivity contribution in [1.82, 2.24) is 4.98 Å². The Hall–Kier alpha value is -2.27. The molecule has 1 unspecified atom stereocenters. The molecule has 21 heavy (non-hydrogen) atoms. The van der Waals surface area contributed by atoms with Crippen LogP contribution in [0.15, 0.2) is 36.5 Å². The number of benzene rings is 1. The van der Waals surface area contributed by atoms with Gasteiger partial charge >= 0.3 is 0 Å². The zero-order valence-corrected chi connectivity index (χ0v) is 12.4. The number of rotatable bonds is 6. The fourth-order valence-electron chi connectivity index (χ4n) is 1.97. The van der Waals surface area contributed by atoms with Crippen LogP contribution in [0.25, 0.3) is 0 Å². The van der Waals surface area contributed by atoms with E-state index in [0.717, 1.165) is 5.56 Å².